The topological polar surface area (TPSA) is 93.1 Å². The molecule has 0 radical (unpaired) electrons. The van der Waals surface area contributed by atoms with Crippen molar-refractivity contribution in [2.24, 2.45) is 28.6 Å². The zero-order chi connectivity index (χ0) is 21.7. The van der Waals surface area contributed by atoms with E-state index >= 15 is 0 Å². The molecule has 4 fully saturated rings. The molecule has 6 heteroatoms. The molecular formula is C24H32O6. The molecule has 0 bridgehead atoms. The molecule has 0 amide bonds. The molecule has 0 aromatic carbocycles. The molecule has 6 nitrogen and oxygen atoms in total. The van der Waals surface area contributed by atoms with E-state index in [0.717, 1.165) is 18.4 Å². The molecule has 0 unspecified atom stereocenters. The van der Waals surface area contributed by atoms with Gasteiger partial charge in [-0.15, -0.1) is 0 Å². The number of fused-ring (bicyclic) bond motifs is 7. The Balaban J connectivity index is 1.59. The Labute approximate surface area is 177 Å². The second-order valence-corrected chi connectivity index (χ2v) is 10.9. The lowest BCUT2D eigenvalue weighted by Gasteiger charge is -2.59. The maximum Gasteiger partial charge on any atom is 0.193 e. The zero-order valence-corrected chi connectivity index (χ0v) is 18.2. The van der Waals surface area contributed by atoms with E-state index in [1.165, 1.54) is 0 Å². The van der Waals surface area contributed by atoms with Crippen LogP contribution in [0.2, 0.25) is 0 Å². The van der Waals surface area contributed by atoms with Gasteiger partial charge in [0.25, 0.3) is 0 Å². The smallest absolute Gasteiger partial charge is 0.193 e. The van der Waals surface area contributed by atoms with Gasteiger partial charge in [0, 0.05) is 16.7 Å². The van der Waals surface area contributed by atoms with Crippen molar-refractivity contribution >= 4 is 11.6 Å². The molecule has 30 heavy (non-hydrogen) atoms. The Morgan fingerprint density at radius 1 is 1.27 bits per heavy atom. The Bertz CT molecular complexity index is 873. The maximum absolute atomic E-state index is 13.2. The Morgan fingerprint density at radius 2 is 2.00 bits per heavy atom. The summed E-state index contributed by atoms with van der Waals surface area (Å²) in [6.45, 7) is 7.19. The number of hydrogen-bond acceptors (Lipinski definition) is 6. The predicted octanol–water partition coefficient (Wildman–Crippen LogP) is 2.33. The van der Waals surface area contributed by atoms with Crippen LogP contribution in [-0.4, -0.2) is 52.0 Å². The van der Waals surface area contributed by atoms with E-state index in [1.54, 1.807) is 26.0 Å². The summed E-state index contributed by atoms with van der Waals surface area (Å²) in [7, 11) is 0. The average Bonchev–Trinajstić information content (AvgIpc) is 3.07. The van der Waals surface area contributed by atoms with Crippen LogP contribution in [0.1, 0.15) is 53.4 Å². The molecule has 0 aromatic heterocycles. The average molecular weight is 417 g/mol. The molecule has 164 valence electrons. The SMILES string of the molecule is CC1(C)O[C@@H]2C[C@H]3[C@H]4CCC5=CC(=O)C=C[C@]5(C)[C@@H]4[C@@H](O)C[C@]3(C)[C@]2(C(=O)CO)O1. The monoisotopic (exact) mass is 416 g/mol. The van der Waals surface area contributed by atoms with Crippen LogP contribution in [0.15, 0.2) is 23.8 Å². The molecule has 0 spiro atoms. The normalized spacial score (nSPS) is 50.9. The fourth-order valence-corrected chi connectivity index (χ4v) is 8.04. The fraction of sp³-hybridized carbons (Fsp3) is 0.750. The van der Waals surface area contributed by atoms with Gasteiger partial charge in [-0.25, -0.2) is 0 Å². The van der Waals surface area contributed by atoms with Crippen LogP contribution < -0.4 is 0 Å². The summed E-state index contributed by atoms with van der Waals surface area (Å²) in [4.78, 5) is 25.1. The molecule has 5 rings (SSSR count). The molecular weight excluding hydrogens is 384 g/mol. The van der Waals surface area contributed by atoms with E-state index in [2.05, 4.69) is 6.92 Å². The third-order valence-corrected chi connectivity index (χ3v) is 9.05. The summed E-state index contributed by atoms with van der Waals surface area (Å²) in [5.41, 5.74) is -1.12. The van der Waals surface area contributed by atoms with Crippen molar-refractivity contribution in [3.8, 4) is 0 Å². The predicted molar refractivity (Wildman–Crippen MR) is 108 cm³/mol. The minimum atomic E-state index is -1.24. The van der Waals surface area contributed by atoms with Crippen LogP contribution in [0.25, 0.3) is 0 Å². The fourth-order valence-electron chi connectivity index (χ4n) is 8.04. The van der Waals surface area contributed by atoms with Gasteiger partial charge in [-0.3, -0.25) is 9.59 Å². The highest BCUT2D eigenvalue weighted by Crippen LogP contribution is 2.70. The van der Waals surface area contributed by atoms with Gasteiger partial charge in [-0.2, -0.15) is 0 Å². The maximum atomic E-state index is 13.2. The number of carbonyl (C=O) groups excluding carboxylic acids is 2. The first kappa shape index (κ1) is 20.6. The molecule has 3 saturated carbocycles. The highest BCUT2D eigenvalue weighted by Gasteiger charge is 2.76. The molecule has 8 atom stereocenters. The minimum Gasteiger partial charge on any atom is -0.393 e. The van der Waals surface area contributed by atoms with E-state index < -0.39 is 35.6 Å². The molecule has 2 N–H and O–H groups in total. The van der Waals surface area contributed by atoms with Gasteiger partial charge in [0.05, 0.1) is 12.2 Å². The third-order valence-electron chi connectivity index (χ3n) is 9.05. The number of ether oxygens (including phenoxy) is 2. The van der Waals surface area contributed by atoms with Crippen LogP contribution in [-0.2, 0) is 19.1 Å². The number of Topliss-reactive ketones (excluding diaryl/α,β-unsaturated/α-hetero) is 1. The molecule has 1 aliphatic heterocycles. The number of ketones is 2. The van der Waals surface area contributed by atoms with E-state index in [-0.39, 0.29) is 34.7 Å². The third kappa shape index (κ3) is 2.34. The summed E-state index contributed by atoms with van der Waals surface area (Å²) >= 11 is 0. The number of carbonyl (C=O) groups is 2. The molecule has 4 aliphatic carbocycles. The van der Waals surface area contributed by atoms with Crippen LogP contribution in [0.3, 0.4) is 0 Å². The molecule has 1 saturated heterocycles. The summed E-state index contributed by atoms with van der Waals surface area (Å²) in [5.74, 6) is -0.947. The Hall–Kier alpha value is -1.34. The van der Waals surface area contributed by atoms with Crippen molar-refractivity contribution in [3.05, 3.63) is 23.8 Å². The first-order valence-electron chi connectivity index (χ1n) is 11.1. The van der Waals surface area contributed by atoms with Crippen LogP contribution in [0.5, 0.6) is 0 Å². The quantitative estimate of drug-likeness (QED) is 0.718. The highest BCUT2D eigenvalue weighted by atomic mass is 16.8. The van der Waals surface area contributed by atoms with E-state index in [1.807, 2.05) is 13.0 Å². The Kier molecular flexibility index (Phi) is 4.20. The van der Waals surface area contributed by atoms with Crippen LogP contribution >= 0.6 is 0 Å². The first-order valence-corrected chi connectivity index (χ1v) is 11.1. The second kappa shape index (κ2) is 6.12. The van der Waals surface area contributed by atoms with Crippen molar-refractivity contribution in [2.45, 2.75) is 77.0 Å². The standard InChI is InChI=1S/C24H32O6/c1-21(2)29-19-10-16-15-6-5-13-9-14(26)7-8-22(13,3)20(15)17(27)11-23(16,4)24(19,30-21)18(28)12-25/h7-9,15-17,19-20,25,27H,5-6,10-12H2,1-4H3/t15-,16+,17+,19-,20+,22+,23+,24-/m1/s1. The highest BCUT2D eigenvalue weighted by molar-refractivity contribution is 6.01. The lowest BCUT2D eigenvalue weighted by molar-refractivity contribution is -0.225. The van der Waals surface area contributed by atoms with Gasteiger partial charge in [-0.05, 0) is 63.5 Å². The van der Waals surface area contributed by atoms with Crippen LogP contribution in [0.4, 0.5) is 0 Å². The number of hydrogen-bond donors (Lipinski definition) is 2. The van der Waals surface area contributed by atoms with Gasteiger partial charge in [0.1, 0.15) is 6.61 Å². The summed E-state index contributed by atoms with van der Waals surface area (Å²) in [6.07, 6.45) is 7.04. The minimum absolute atomic E-state index is 0.0167. The lowest BCUT2D eigenvalue weighted by Crippen LogP contribution is -2.63. The Morgan fingerprint density at radius 3 is 2.70 bits per heavy atom. The molecule has 0 aromatic rings. The second-order valence-electron chi connectivity index (χ2n) is 10.9. The van der Waals surface area contributed by atoms with Crippen molar-refractivity contribution in [3.63, 3.8) is 0 Å². The molecule has 1 heterocycles. The molecule has 5 aliphatic rings. The van der Waals surface area contributed by atoms with Gasteiger partial charge < -0.3 is 19.7 Å². The number of allylic oxidation sites excluding steroid dienone is 4. The van der Waals surface area contributed by atoms with Crippen molar-refractivity contribution in [2.75, 3.05) is 6.61 Å². The van der Waals surface area contributed by atoms with Gasteiger partial charge in [0.15, 0.2) is 23.0 Å². The van der Waals surface area contributed by atoms with Gasteiger partial charge in [-0.1, -0.05) is 25.5 Å². The van der Waals surface area contributed by atoms with Crippen molar-refractivity contribution in [1.82, 2.24) is 0 Å². The summed E-state index contributed by atoms with van der Waals surface area (Å²) < 4.78 is 12.6. The summed E-state index contributed by atoms with van der Waals surface area (Å²) in [5, 5.41) is 21.3. The number of aliphatic hydroxyl groups excluding tert-OH is 2. The van der Waals surface area contributed by atoms with Crippen molar-refractivity contribution < 1.29 is 29.3 Å². The summed E-state index contributed by atoms with van der Waals surface area (Å²) in [6, 6.07) is 0. The van der Waals surface area contributed by atoms with Crippen molar-refractivity contribution in [1.29, 1.82) is 0 Å². The number of aliphatic hydroxyl groups is 2. The van der Waals surface area contributed by atoms with Gasteiger partial charge >= 0.3 is 0 Å². The van der Waals surface area contributed by atoms with Gasteiger partial charge in [0.2, 0.25) is 0 Å². The van der Waals surface area contributed by atoms with E-state index in [0.29, 0.717) is 12.8 Å². The van der Waals surface area contributed by atoms with E-state index in [4.69, 9.17) is 9.47 Å². The number of rotatable bonds is 2. The zero-order valence-electron chi connectivity index (χ0n) is 18.2. The lowest BCUT2D eigenvalue weighted by atomic mass is 9.46. The van der Waals surface area contributed by atoms with Crippen LogP contribution in [0, 0.1) is 28.6 Å². The first-order chi connectivity index (χ1) is 14.0. The van der Waals surface area contributed by atoms with E-state index in [9.17, 15) is 19.8 Å². The largest absolute Gasteiger partial charge is 0.393 e.